The van der Waals surface area contributed by atoms with Crippen LogP contribution in [0.15, 0.2) is 23.8 Å². The summed E-state index contributed by atoms with van der Waals surface area (Å²) in [5, 5.41) is 0. The summed E-state index contributed by atoms with van der Waals surface area (Å²) in [7, 11) is 0. The summed E-state index contributed by atoms with van der Waals surface area (Å²) in [6.45, 7) is 2.04. The Morgan fingerprint density at radius 3 is 2.56 bits per heavy atom. The first kappa shape index (κ1) is 6.69. The van der Waals surface area contributed by atoms with Crippen LogP contribution in [0.2, 0.25) is 0 Å². The highest BCUT2D eigenvalue weighted by atomic mass is 32.1. The van der Waals surface area contributed by atoms with Crippen LogP contribution in [-0.4, -0.2) is 4.86 Å². The number of allylic oxidation sites excluding steroid dienone is 4. The highest BCUT2D eigenvalue weighted by molar-refractivity contribution is 7.80. The molecule has 0 aliphatic heterocycles. The van der Waals surface area contributed by atoms with Crippen molar-refractivity contribution in [1.82, 2.24) is 0 Å². The molecule has 1 aliphatic rings. The average Bonchev–Trinajstić information content (AvgIpc) is 1.89. The summed E-state index contributed by atoms with van der Waals surface area (Å²) < 4.78 is 0. The van der Waals surface area contributed by atoms with Crippen LogP contribution in [0.3, 0.4) is 0 Å². The van der Waals surface area contributed by atoms with Gasteiger partial charge >= 0.3 is 0 Å². The number of rotatable bonds is 0. The fourth-order valence-corrected chi connectivity index (χ4v) is 1.22. The zero-order valence-corrected chi connectivity index (χ0v) is 6.37. The monoisotopic (exact) mass is 138 g/mol. The van der Waals surface area contributed by atoms with Crippen LogP contribution in [0, 0.1) is 0 Å². The predicted octanol–water partition coefficient (Wildman–Crippen LogP) is 2.65. The minimum absolute atomic E-state index is 0.967. The first-order valence-corrected chi connectivity index (χ1v) is 3.59. The Bertz CT molecular complexity index is 175. The highest BCUT2D eigenvalue weighted by Crippen LogP contribution is 2.14. The molecule has 1 rings (SSSR count). The first-order chi connectivity index (χ1) is 4.34. The van der Waals surface area contributed by atoms with Gasteiger partial charge in [0, 0.05) is 11.3 Å². The van der Waals surface area contributed by atoms with Crippen molar-refractivity contribution in [2.75, 3.05) is 0 Å². The highest BCUT2D eigenvalue weighted by Gasteiger charge is 2.03. The Kier molecular flexibility index (Phi) is 2.17. The Morgan fingerprint density at radius 2 is 2.11 bits per heavy atom. The second-order valence-electron chi connectivity index (χ2n) is 2.12. The molecule has 0 aromatic heterocycles. The molecule has 0 N–H and O–H groups in total. The number of hydrogen-bond donors (Lipinski definition) is 0. The van der Waals surface area contributed by atoms with E-state index in [0.717, 1.165) is 17.7 Å². The summed E-state index contributed by atoms with van der Waals surface area (Å²) >= 11 is 5.11. The van der Waals surface area contributed by atoms with Crippen molar-refractivity contribution in [2.24, 2.45) is 0 Å². The smallest absolute Gasteiger partial charge is 0.0221 e. The van der Waals surface area contributed by atoms with Crippen molar-refractivity contribution in [3.05, 3.63) is 23.8 Å². The molecule has 9 heavy (non-hydrogen) atoms. The second-order valence-corrected chi connectivity index (χ2v) is 2.61. The van der Waals surface area contributed by atoms with Gasteiger partial charge in [-0.1, -0.05) is 30.4 Å². The van der Waals surface area contributed by atoms with E-state index in [9.17, 15) is 0 Å². The number of thiocarbonyl (C=S) groups is 1. The summed E-state index contributed by atoms with van der Waals surface area (Å²) in [6.07, 6.45) is 8.41. The van der Waals surface area contributed by atoms with Gasteiger partial charge in [-0.3, -0.25) is 0 Å². The average molecular weight is 138 g/mol. The van der Waals surface area contributed by atoms with Gasteiger partial charge in [0.25, 0.3) is 0 Å². The van der Waals surface area contributed by atoms with E-state index in [1.165, 1.54) is 5.57 Å². The lowest BCUT2D eigenvalue weighted by molar-refractivity contribution is 1.23. The molecule has 0 unspecified atom stereocenters. The molecular formula is C8H10S. The number of hydrogen-bond acceptors (Lipinski definition) is 1. The van der Waals surface area contributed by atoms with Crippen LogP contribution in [0.5, 0.6) is 0 Å². The van der Waals surface area contributed by atoms with E-state index in [1.54, 1.807) is 0 Å². The molecule has 0 radical (unpaired) electrons. The lowest BCUT2D eigenvalue weighted by Crippen LogP contribution is -2.00. The van der Waals surface area contributed by atoms with E-state index in [4.69, 9.17) is 12.2 Å². The third kappa shape index (κ3) is 1.49. The fourth-order valence-electron chi connectivity index (χ4n) is 0.924. The molecule has 0 nitrogen and oxygen atoms in total. The molecule has 48 valence electrons. The van der Waals surface area contributed by atoms with Gasteiger partial charge in [0.15, 0.2) is 0 Å². The van der Waals surface area contributed by atoms with Crippen molar-refractivity contribution in [2.45, 2.75) is 19.8 Å². The Balaban J connectivity index is 2.76. The summed E-state index contributed by atoms with van der Waals surface area (Å²) in [6, 6.07) is 0. The second kappa shape index (κ2) is 2.92. The molecule has 0 fully saturated rings. The predicted molar refractivity (Wildman–Crippen MR) is 44.7 cm³/mol. The van der Waals surface area contributed by atoms with E-state index in [-0.39, 0.29) is 0 Å². The largest absolute Gasteiger partial charge is 0.0843 e. The van der Waals surface area contributed by atoms with Crippen molar-refractivity contribution < 1.29 is 0 Å². The van der Waals surface area contributed by atoms with Crippen molar-refractivity contribution in [3.8, 4) is 0 Å². The third-order valence-corrected chi connectivity index (χ3v) is 1.94. The summed E-state index contributed by atoms with van der Waals surface area (Å²) in [4.78, 5) is 1.11. The Labute approximate surface area is 61.3 Å². The first-order valence-electron chi connectivity index (χ1n) is 3.18. The van der Waals surface area contributed by atoms with Crippen LogP contribution in [0.4, 0.5) is 0 Å². The lowest BCUT2D eigenvalue weighted by atomic mass is 10.0. The summed E-state index contributed by atoms with van der Waals surface area (Å²) in [5.74, 6) is 0. The minimum Gasteiger partial charge on any atom is -0.0843 e. The van der Waals surface area contributed by atoms with E-state index >= 15 is 0 Å². The van der Waals surface area contributed by atoms with Gasteiger partial charge in [0.05, 0.1) is 0 Å². The maximum Gasteiger partial charge on any atom is 0.0221 e. The topological polar surface area (TPSA) is 0 Å². The standard InChI is InChI=1S/C8H10S/c1-2-7-5-3-4-6-8(7)9/h2-4H,5-6H2,1H3/b7-2-. The zero-order valence-electron chi connectivity index (χ0n) is 5.55. The van der Waals surface area contributed by atoms with Crippen LogP contribution in [0.1, 0.15) is 19.8 Å². The van der Waals surface area contributed by atoms with Crippen molar-refractivity contribution in [3.63, 3.8) is 0 Å². The molecule has 0 saturated heterocycles. The Morgan fingerprint density at radius 1 is 1.44 bits per heavy atom. The molecule has 0 atom stereocenters. The molecule has 0 aromatic rings. The Hall–Kier alpha value is -0.430. The van der Waals surface area contributed by atoms with Crippen LogP contribution in [-0.2, 0) is 0 Å². The lowest BCUT2D eigenvalue weighted by Gasteiger charge is -2.07. The van der Waals surface area contributed by atoms with Gasteiger partial charge in [0.1, 0.15) is 0 Å². The van der Waals surface area contributed by atoms with Gasteiger partial charge in [-0.15, -0.1) is 0 Å². The van der Waals surface area contributed by atoms with Crippen LogP contribution < -0.4 is 0 Å². The molecule has 0 spiro atoms. The maximum atomic E-state index is 5.11. The van der Waals surface area contributed by atoms with E-state index in [1.807, 2.05) is 6.92 Å². The SMILES string of the molecule is C/C=C1/CC=CCC1=S. The molecular weight excluding hydrogens is 128 g/mol. The molecule has 0 amide bonds. The quantitative estimate of drug-likeness (QED) is 0.282. The van der Waals surface area contributed by atoms with Gasteiger partial charge in [0.2, 0.25) is 0 Å². The van der Waals surface area contributed by atoms with Crippen molar-refractivity contribution >= 4 is 17.1 Å². The van der Waals surface area contributed by atoms with E-state index < -0.39 is 0 Å². The van der Waals surface area contributed by atoms with Gasteiger partial charge in [-0.05, 0) is 18.9 Å². The molecule has 0 saturated carbocycles. The zero-order chi connectivity index (χ0) is 6.69. The molecule has 0 heterocycles. The molecule has 1 heteroatoms. The minimum atomic E-state index is 0.967. The van der Waals surface area contributed by atoms with Gasteiger partial charge in [-0.25, -0.2) is 0 Å². The van der Waals surface area contributed by atoms with Crippen LogP contribution >= 0.6 is 12.2 Å². The van der Waals surface area contributed by atoms with Crippen LogP contribution in [0.25, 0.3) is 0 Å². The van der Waals surface area contributed by atoms with Crippen molar-refractivity contribution in [1.29, 1.82) is 0 Å². The van der Waals surface area contributed by atoms with Gasteiger partial charge < -0.3 is 0 Å². The third-order valence-electron chi connectivity index (χ3n) is 1.51. The molecule has 0 bridgehead atoms. The fraction of sp³-hybridized carbons (Fsp3) is 0.375. The molecule has 0 aromatic carbocycles. The van der Waals surface area contributed by atoms with E-state index in [2.05, 4.69) is 18.2 Å². The summed E-state index contributed by atoms with van der Waals surface area (Å²) in [5.41, 5.74) is 1.33. The normalized spacial score (nSPS) is 23.2. The van der Waals surface area contributed by atoms with E-state index in [0.29, 0.717) is 0 Å². The van der Waals surface area contributed by atoms with Gasteiger partial charge in [-0.2, -0.15) is 0 Å². The molecule has 1 aliphatic carbocycles. The maximum absolute atomic E-state index is 5.11.